The molecule has 0 unspecified atom stereocenters. The highest BCUT2D eigenvalue weighted by Crippen LogP contribution is 2.44. The molecule has 0 amide bonds. The van der Waals surface area contributed by atoms with Gasteiger partial charge >= 0.3 is 5.97 Å². The van der Waals surface area contributed by atoms with Crippen LogP contribution >= 0.6 is 0 Å². The van der Waals surface area contributed by atoms with Gasteiger partial charge in [0.1, 0.15) is 11.3 Å². The van der Waals surface area contributed by atoms with E-state index >= 15 is 0 Å². The quantitative estimate of drug-likeness (QED) is 0.925. The van der Waals surface area contributed by atoms with Crippen molar-refractivity contribution in [2.24, 2.45) is 0 Å². The Bertz CT molecular complexity index is 663. The van der Waals surface area contributed by atoms with E-state index in [9.17, 15) is 9.90 Å². The monoisotopic (exact) mass is 272 g/mol. The average Bonchev–Trinajstić information content (AvgIpc) is 2.77. The van der Waals surface area contributed by atoms with Crippen LogP contribution in [0.2, 0.25) is 0 Å². The minimum absolute atomic E-state index is 0.150. The zero-order valence-electron chi connectivity index (χ0n) is 12.0. The van der Waals surface area contributed by atoms with Crippen molar-refractivity contribution in [3.05, 3.63) is 29.6 Å². The van der Waals surface area contributed by atoms with E-state index in [2.05, 4.69) is 23.4 Å². The topological polar surface area (TPSA) is 55.1 Å². The van der Waals surface area contributed by atoms with Crippen LogP contribution in [0, 0.1) is 0 Å². The van der Waals surface area contributed by atoms with E-state index in [1.165, 1.54) is 19.3 Å². The highest BCUT2D eigenvalue weighted by Gasteiger charge is 2.39. The van der Waals surface area contributed by atoms with Crippen molar-refractivity contribution in [1.29, 1.82) is 0 Å². The van der Waals surface area contributed by atoms with Gasteiger partial charge in [-0.25, -0.2) is 9.78 Å². The van der Waals surface area contributed by atoms with Gasteiger partial charge in [0, 0.05) is 12.0 Å². The molecular weight excluding hydrogens is 252 g/mol. The molecule has 0 atom stereocenters. The summed E-state index contributed by atoms with van der Waals surface area (Å²) in [4.78, 5) is 16.0. The van der Waals surface area contributed by atoms with Crippen molar-refractivity contribution in [2.45, 2.75) is 51.5 Å². The summed E-state index contributed by atoms with van der Waals surface area (Å²) in [5.74, 6) is 0.109. The first-order valence-electron chi connectivity index (χ1n) is 7.37. The third kappa shape index (κ3) is 1.67. The maximum Gasteiger partial charge on any atom is 0.337 e. The lowest BCUT2D eigenvalue weighted by Crippen LogP contribution is -2.40. The number of carbonyl (C=O) groups is 1. The molecule has 4 nitrogen and oxygen atoms in total. The first-order chi connectivity index (χ1) is 9.63. The lowest BCUT2D eigenvalue weighted by molar-refractivity contribution is 0.0699. The lowest BCUT2D eigenvalue weighted by Gasteiger charge is -2.44. The summed E-state index contributed by atoms with van der Waals surface area (Å²) in [6.07, 6.45) is 5.48. The fourth-order valence-corrected chi connectivity index (χ4v) is 3.41. The van der Waals surface area contributed by atoms with Gasteiger partial charge in [-0.3, -0.25) is 0 Å². The van der Waals surface area contributed by atoms with Crippen LogP contribution in [0.25, 0.3) is 11.0 Å². The van der Waals surface area contributed by atoms with Gasteiger partial charge in [0.05, 0.1) is 11.1 Å². The van der Waals surface area contributed by atoms with Gasteiger partial charge in [-0.1, -0.05) is 19.9 Å². The fourth-order valence-electron chi connectivity index (χ4n) is 3.41. The molecule has 4 heteroatoms. The summed E-state index contributed by atoms with van der Waals surface area (Å²) in [7, 11) is 0. The first kappa shape index (κ1) is 13.2. The first-order valence-corrected chi connectivity index (χ1v) is 7.37. The number of nitrogens with zero attached hydrogens (tertiary/aromatic N) is 2. The van der Waals surface area contributed by atoms with Crippen LogP contribution in [0.1, 0.15) is 55.7 Å². The Labute approximate surface area is 118 Å². The minimum atomic E-state index is -0.901. The van der Waals surface area contributed by atoms with Crippen LogP contribution in [-0.2, 0) is 12.0 Å². The molecule has 1 saturated carbocycles. The molecule has 0 aliphatic heterocycles. The van der Waals surface area contributed by atoms with Gasteiger partial charge in [-0.15, -0.1) is 0 Å². The van der Waals surface area contributed by atoms with Gasteiger partial charge in [0.15, 0.2) is 0 Å². The summed E-state index contributed by atoms with van der Waals surface area (Å²) in [5, 5.41) is 9.34. The molecule has 1 aromatic carbocycles. The predicted octanol–water partition coefficient (Wildman–Crippen LogP) is 3.59. The third-order valence-corrected chi connectivity index (χ3v) is 4.72. The second-order valence-electron chi connectivity index (χ2n) is 5.63. The number of carboxylic acids is 1. The number of imidazole rings is 1. The van der Waals surface area contributed by atoms with Crippen molar-refractivity contribution in [2.75, 3.05) is 0 Å². The molecule has 0 bridgehead atoms. The van der Waals surface area contributed by atoms with Crippen molar-refractivity contribution < 1.29 is 9.90 Å². The van der Waals surface area contributed by atoms with Crippen molar-refractivity contribution in [3.63, 3.8) is 0 Å². The molecule has 0 spiro atoms. The van der Waals surface area contributed by atoms with Crippen molar-refractivity contribution in [3.8, 4) is 0 Å². The molecule has 20 heavy (non-hydrogen) atoms. The number of benzene rings is 1. The smallest absolute Gasteiger partial charge is 0.337 e. The van der Waals surface area contributed by atoms with Crippen LogP contribution in [0.15, 0.2) is 18.2 Å². The lowest BCUT2D eigenvalue weighted by atomic mass is 9.74. The maximum absolute atomic E-state index is 11.4. The van der Waals surface area contributed by atoms with Crippen LogP contribution in [0.5, 0.6) is 0 Å². The summed E-state index contributed by atoms with van der Waals surface area (Å²) in [6.45, 7) is 4.30. The summed E-state index contributed by atoms with van der Waals surface area (Å²) in [6, 6.07) is 5.47. The van der Waals surface area contributed by atoms with E-state index in [-0.39, 0.29) is 5.54 Å². The molecule has 1 aromatic heterocycles. The average molecular weight is 272 g/mol. The number of aromatic nitrogens is 2. The van der Waals surface area contributed by atoms with Gasteiger partial charge in [0.25, 0.3) is 0 Å². The zero-order chi connectivity index (χ0) is 14.3. The molecule has 1 aliphatic carbocycles. The number of hydrogen-bond donors (Lipinski definition) is 1. The highest BCUT2D eigenvalue weighted by molar-refractivity contribution is 6.01. The Morgan fingerprint density at radius 3 is 2.65 bits per heavy atom. The number of carboxylic acid groups (broad SMARTS) is 1. The largest absolute Gasteiger partial charge is 0.478 e. The standard InChI is InChI=1S/C16H20N2O2/c1-3-13-17-14-11(15(19)20)7-5-8-12(14)18(13)16(4-2)9-6-10-16/h5,7-8H,3-4,6,9-10H2,1-2H3,(H,19,20). The molecule has 0 saturated heterocycles. The molecule has 2 aromatic rings. The minimum Gasteiger partial charge on any atom is -0.478 e. The van der Waals surface area contributed by atoms with Crippen molar-refractivity contribution >= 4 is 17.0 Å². The van der Waals surface area contributed by atoms with E-state index in [0.717, 1.165) is 24.2 Å². The summed E-state index contributed by atoms with van der Waals surface area (Å²) >= 11 is 0. The molecule has 1 heterocycles. The summed E-state index contributed by atoms with van der Waals surface area (Å²) < 4.78 is 2.32. The maximum atomic E-state index is 11.4. The van der Waals surface area contributed by atoms with Crippen LogP contribution in [0.3, 0.4) is 0 Å². The normalized spacial score (nSPS) is 17.1. The highest BCUT2D eigenvalue weighted by atomic mass is 16.4. The number of aromatic carboxylic acids is 1. The molecule has 1 N–H and O–H groups in total. The Morgan fingerprint density at radius 2 is 2.15 bits per heavy atom. The van der Waals surface area contributed by atoms with Gasteiger partial charge in [-0.05, 0) is 37.8 Å². The van der Waals surface area contributed by atoms with Crippen LogP contribution in [0.4, 0.5) is 0 Å². The van der Waals surface area contributed by atoms with E-state index in [1.54, 1.807) is 6.07 Å². The van der Waals surface area contributed by atoms with E-state index in [4.69, 9.17) is 0 Å². The van der Waals surface area contributed by atoms with Gasteiger partial charge < -0.3 is 9.67 Å². The zero-order valence-corrected chi connectivity index (χ0v) is 12.0. The SMILES string of the molecule is CCc1nc2c(C(=O)O)cccc2n1C1(CC)CCC1. The molecule has 1 aliphatic rings. The van der Waals surface area contributed by atoms with Crippen LogP contribution < -0.4 is 0 Å². The number of aryl methyl sites for hydroxylation is 1. The second kappa shape index (κ2) is 4.62. The summed E-state index contributed by atoms with van der Waals surface area (Å²) in [5.41, 5.74) is 2.07. The van der Waals surface area contributed by atoms with Gasteiger partial charge in [0.2, 0.25) is 0 Å². The van der Waals surface area contributed by atoms with Crippen molar-refractivity contribution in [1.82, 2.24) is 9.55 Å². The van der Waals surface area contributed by atoms with E-state index in [0.29, 0.717) is 11.1 Å². The molecule has 1 fully saturated rings. The second-order valence-corrected chi connectivity index (χ2v) is 5.63. The number of fused-ring (bicyclic) bond motifs is 1. The fraction of sp³-hybridized carbons (Fsp3) is 0.500. The molecular formula is C16H20N2O2. The Balaban J connectivity index is 2.31. The molecule has 106 valence electrons. The Kier molecular flexibility index (Phi) is 3.04. The molecule has 3 rings (SSSR count). The van der Waals surface area contributed by atoms with E-state index < -0.39 is 5.97 Å². The van der Waals surface area contributed by atoms with E-state index in [1.807, 2.05) is 12.1 Å². The third-order valence-electron chi connectivity index (χ3n) is 4.72. The Hall–Kier alpha value is -1.84. The van der Waals surface area contributed by atoms with Gasteiger partial charge in [-0.2, -0.15) is 0 Å². The molecule has 0 radical (unpaired) electrons. The predicted molar refractivity (Wildman–Crippen MR) is 78.2 cm³/mol. The number of para-hydroxylation sites is 1. The Morgan fingerprint density at radius 1 is 1.40 bits per heavy atom. The number of hydrogen-bond acceptors (Lipinski definition) is 2. The number of rotatable bonds is 4. The van der Waals surface area contributed by atoms with Crippen LogP contribution in [-0.4, -0.2) is 20.6 Å².